The number of halogens is 1. The highest BCUT2D eigenvalue weighted by atomic mass is 19.1. The molecule has 1 N–H and O–H groups in total. The van der Waals surface area contributed by atoms with Crippen LogP contribution in [0.4, 0.5) is 15.8 Å². The Bertz CT molecular complexity index is 727. The van der Waals surface area contributed by atoms with E-state index in [9.17, 15) is 9.18 Å². The standard InChI is InChI=1S/C21H25FN2O2/c22-17-9-3-6-12-20(17)26-16-13-21(25)23-18-10-4-5-11-19(18)24-14-7-1-2-8-15-24/h3-6,9-12H,1-2,7-8,13-16H2,(H,23,25). The summed E-state index contributed by atoms with van der Waals surface area (Å²) in [5.41, 5.74) is 1.89. The van der Waals surface area contributed by atoms with Gasteiger partial charge in [-0.05, 0) is 37.1 Å². The molecule has 0 radical (unpaired) electrons. The summed E-state index contributed by atoms with van der Waals surface area (Å²) in [7, 11) is 0. The lowest BCUT2D eigenvalue weighted by molar-refractivity contribution is -0.116. The van der Waals surface area contributed by atoms with E-state index in [1.165, 1.54) is 31.7 Å². The molecule has 1 amide bonds. The second-order valence-electron chi connectivity index (χ2n) is 6.50. The normalized spacial score (nSPS) is 14.6. The van der Waals surface area contributed by atoms with Gasteiger partial charge in [-0.2, -0.15) is 0 Å². The smallest absolute Gasteiger partial charge is 0.227 e. The number of carbonyl (C=O) groups excluding carboxylic acids is 1. The summed E-state index contributed by atoms with van der Waals surface area (Å²) in [4.78, 5) is 14.6. The summed E-state index contributed by atoms with van der Waals surface area (Å²) >= 11 is 0. The fourth-order valence-electron chi connectivity index (χ4n) is 3.19. The highest BCUT2D eigenvalue weighted by molar-refractivity contribution is 5.94. The van der Waals surface area contributed by atoms with E-state index >= 15 is 0 Å². The number of hydrogen-bond acceptors (Lipinski definition) is 3. The maximum atomic E-state index is 13.5. The average molecular weight is 356 g/mol. The van der Waals surface area contributed by atoms with Crippen molar-refractivity contribution in [3.63, 3.8) is 0 Å². The van der Waals surface area contributed by atoms with Gasteiger partial charge in [0.2, 0.25) is 5.91 Å². The number of nitrogens with one attached hydrogen (secondary N) is 1. The fourth-order valence-corrected chi connectivity index (χ4v) is 3.19. The summed E-state index contributed by atoms with van der Waals surface area (Å²) in [6, 6.07) is 14.1. The van der Waals surface area contributed by atoms with Crippen molar-refractivity contribution in [1.29, 1.82) is 0 Å². The number of carbonyl (C=O) groups is 1. The summed E-state index contributed by atoms with van der Waals surface area (Å²) in [6.45, 7) is 2.17. The minimum atomic E-state index is -0.417. The van der Waals surface area contributed by atoms with Crippen molar-refractivity contribution in [2.45, 2.75) is 32.1 Å². The van der Waals surface area contributed by atoms with Crippen molar-refractivity contribution < 1.29 is 13.9 Å². The zero-order valence-corrected chi connectivity index (χ0v) is 14.9. The molecule has 0 bridgehead atoms. The van der Waals surface area contributed by atoms with Gasteiger partial charge >= 0.3 is 0 Å². The van der Waals surface area contributed by atoms with Crippen LogP contribution in [0.1, 0.15) is 32.1 Å². The monoisotopic (exact) mass is 356 g/mol. The van der Waals surface area contributed by atoms with Gasteiger partial charge in [0.05, 0.1) is 24.4 Å². The number of nitrogens with zero attached hydrogens (tertiary/aromatic N) is 1. The molecule has 1 aliphatic rings. The molecule has 4 nitrogen and oxygen atoms in total. The lowest BCUT2D eigenvalue weighted by Crippen LogP contribution is -2.26. The topological polar surface area (TPSA) is 41.6 Å². The third-order valence-corrected chi connectivity index (χ3v) is 4.55. The molecule has 2 aromatic rings. The Labute approximate surface area is 154 Å². The van der Waals surface area contributed by atoms with E-state index in [0.717, 1.165) is 24.5 Å². The maximum Gasteiger partial charge on any atom is 0.227 e. The largest absolute Gasteiger partial charge is 0.490 e. The van der Waals surface area contributed by atoms with Crippen LogP contribution >= 0.6 is 0 Å². The van der Waals surface area contributed by atoms with Crippen molar-refractivity contribution in [3.05, 3.63) is 54.3 Å². The molecule has 0 aliphatic carbocycles. The number of ether oxygens (including phenoxy) is 1. The first-order chi connectivity index (χ1) is 12.7. The van der Waals surface area contributed by atoms with E-state index in [2.05, 4.69) is 16.3 Å². The molecule has 1 saturated heterocycles. The van der Waals surface area contributed by atoms with Crippen molar-refractivity contribution >= 4 is 17.3 Å². The second-order valence-corrected chi connectivity index (χ2v) is 6.50. The Morgan fingerprint density at radius 1 is 1.00 bits per heavy atom. The molecule has 138 valence electrons. The highest BCUT2D eigenvalue weighted by Crippen LogP contribution is 2.28. The van der Waals surface area contributed by atoms with E-state index < -0.39 is 5.82 Å². The van der Waals surface area contributed by atoms with E-state index in [4.69, 9.17) is 4.74 Å². The predicted octanol–water partition coefficient (Wildman–Crippen LogP) is 4.61. The Kier molecular flexibility index (Phi) is 6.47. The number of anilines is 2. The third kappa shape index (κ3) is 4.97. The van der Waals surface area contributed by atoms with Crippen LogP contribution in [0.5, 0.6) is 5.75 Å². The fraction of sp³-hybridized carbons (Fsp3) is 0.381. The molecule has 0 saturated carbocycles. The van der Waals surface area contributed by atoms with Gasteiger partial charge in [0.15, 0.2) is 11.6 Å². The quantitative estimate of drug-likeness (QED) is 0.821. The Hall–Kier alpha value is -2.56. The molecule has 2 aromatic carbocycles. The Balaban J connectivity index is 1.56. The van der Waals surface area contributed by atoms with Crippen LogP contribution in [0.25, 0.3) is 0 Å². The number of amides is 1. The lowest BCUT2D eigenvalue weighted by atomic mass is 10.2. The summed E-state index contributed by atoms with van der Waals surface area (Å²) in [5, 5.41) is 2.97. The minimum Gasteiger partial charge on any atom is -0.490 e. The molecule has 0 atom stereocenters. The third-order valence-electron chi connectivity index (χ3n) is 4.55. The number of rotatable bonds is 6. The summed E-state index contributed by atoms with van der Waals surface area (Å²) < 4.78 is 18.9. The first-order valence-electron chi connectivity index (χ1n) is 9.25. The molecule has 0 aromatic heterocycles. The van der Waals surface area contributed by atoms with Gasteiger partial charge in [-0.15, -0.1) is 0 Å². The van der Waals surface area contributed by atoms with Crippen LogP contribution < -0.4 is 15.0 Å². The van der Waals surface area contributed by atoms with Crippen LogP contribution in [0.15, 0.2) is 48.5 Å². The van der Waals surface area contributed by atoms with Gasteiger partial charge < -0.3 is 15.0 Å². The molecule has 3 rings (SSSR count). The number of para-hydroxylation sites is 3. The maximum absolute atomic E-state index is 13.5. The van der Waals surface area contributed by atoms with Crippen LogP contribution in [0.3, 0.4) is 0 Å². The molecule has 1 heterocycles. The van der Waals surface area contributed by atoms with E-state index in [1.807, 2.05) is 18.2 Å². The molecule has 1 fully saturated rings. The Morgan fingerprint density at radius 2 is 1.69 bits per heavy atom. The predicted molar refractivity (Wildman–Crippen MR) is 102 cm³/mol. The summed E-state index contributed by atoms with van der Waals surface area (Å²) in [6.07, 6.45) is 5.05. The zero-order valence-electron chi connectivity index (χ0n) is 14.9. The van der Waals surface area contributed by atoms with E-state index in [1.54, 1.807) is 18.2 Å². The van der Waals surface area contributed by atoms with Gasteiger partial charge in [0.1, 0.15) is 0 Å². The number of benzene rings is 2. The van der Waals surface area contributed by atoms with Crippen molar-refractivity contribution in [2.75, 3.05) is 29.9 Å². The first-order valence-corrected chi connectivity index (χ1v) is 9.25. The molecule has 0 unspecified atom stereocenters. The van der Waals surface area contributed by atoms with Gasteiger partial charge in [-0.3, -0.25) is 4.79 Å². The van der Waals surface area contributed by atoms with Crippen molar-refractivity contribution in [3.8, 4) is 5.75 Å². The zero-order chi connectivity index (χ0) is 18.2. The second kappa shape index (κ2) is 9.22. The van der Waals surface area contributed by atoms with Crippen LogP contribution in [0, 0.1) is 5.82 Å². The van der Waals surface area contributed by atoms with Crippen LogP contribution in [-0.2, 0) is 4.79 Å². The molecule has 1 aliphatic heterocycles. The van der Waals surface area contributed by atoms with Gasteiger partial charge in [0, 0.05) is 13.1 Å². The minimum absolute atomic E-state index is 0.136. The number of hydrogen-bond donors (Lipinski definition) is 1. The van der Waals surface area contributed by atoms with Crippen molar-refractivity contribution in [2.24, 2.45) is 0 Å². The van der Waals surface area contributed by atoms with Gasteiger partial charge in [-0.1, -0.05) is 37.1 Å². The molecular formula is C21H25FN2O2. The Morgan fingerprint density at radius 3 is 2.46 bits per heavy atom. The van der Waals surface area contributed by atoms with Crippen LogP contribution in [0.2, 0.25) is 0 Å². The lowest BCUT2D eigenvalue weighted by Gasteiger charge is -2.25. The van der Waals surface area contributed by atoms with E-state index in [0.29, 0.717) is 0 Å². The van der Waals surface area contributed by atoms with Gasteiger partial charge in [0.25, 0.3) is 0 Å². The molecule has 0 spiro atoms. The average Bonchev–Trinajstić information content (AvgIpc) is 2.93. The first kappa shape index (κ1) is 18.2. The van der Waals surface area contributed by atoms with Crippen LogP contribution in [-0.4, -0.2) is 25.6 Å². The summed E-state index contributed by atoms with van der Waals surface area (Å²) in [5.74, 6) is -0.381. The van der Waals surface area contributed by atoms with E-state index in [-0.39, 0.29) is 24.7 Å². The highest BCUT2D eigenvalue weighted by Gasteiger charge is 2.14. The SMILES string of the molecule is O=C(CCOc1ccccc1F)Nc1ccccc1N1CCCCCC1. The molecule has 26 heavy (non-hydrogen) atoms. The van der Waals surface area contributed by atoms with Gasteiger partial charge in [-0.25, -0.2) is 4.39 Å². The molecular weight excluding hydrogens is 331 g/mol. The molecule has 5 heteroatoms. The van der Waals surface area contributed by atoms with Crippen molar-refractivity contribution in [1.82, 2.24) is 0 Å².